The Morgan fingerprint density at radius 2 is 1.95 bits per heavy atom. The number of halogens is 2. The second-order valence-electron chi connectivity index (χ2n) is 5.33. The molecule has 1 aliphatic carbocycles. The van der Waals surface area contributed by atoms with Crippen LogP contribution in [-0.2, 0) is 4.79 Å². The SMILES string of the molecule is Cc1cc(F)c(NC(=O)NCC2(C(=O)O)CCC2)cc1F. The van der Waals surface area contributed by atoms with Crippen LogP contribution in [0.4, 0.5) is 19.3 Å². The van der Waals surface area contributed by atoms with Gasteiger partial charge in [0, 0.05) is 12.6 Å². The van der Waals surface area contributed by atoms with Crippen LogP contribution in [0, 0.1) is 24.0 Å². The molecule has 2 amide bonds. The molecule has 0 spiro atoms. The average Bonchev–Trinajstić information content (AvgIpc) is 2.34. The van der Waals surface area contributed by atoms with Gasteiger partial charge < -0.3 is 15.7 Å². The van der Waals surface area contributed by atoms with Crippen molar-refractivity contribution in [3.63, 3.8) is 0 Å². The van der Waals surface area contributed by atoms with Crippen LogP contribution in [0.1, 0.15) is 24.8 Å². The quantitative estimate of drug-likeness (QED) is 0.799. The van der Waals surface area contributed by atoms with E-state index in [2.05, 4.69) is 10.6 Å². The molecule has 1 fully saturated rings. The molecule has 0 unspecified atom stereocenters. The van der Waals surface area contributed by atoms with Gasteiger partial charge in [-0.15, -0.1) is 0 Å². The Morgan fingerprint density at radius 3 is 2.48 bits per heavy atom. The van der Waals surface area contributed by atoms with E-state index < -0.39 is 29.0 Å². The zero-order valence-corrected chi connectivity index (χ0v) is 11.5. The molecular formula is C14H16F2N2O3. The molecule has 114 valence electrons. The number of benzene rings is 1. The van der Waals surface area contributed by atoms with E-state index in [-0.39, 0.29) is 17.8 Å². The van der Waals surface area contributed by atoms with Gasteiger partial charge in [-0.3, -0.25) is 4.79 Å². The fraction of sp³-hybridized carbons (Fsp3) is 0.429. The van der Waals surface area contributed by atoms with Crippen molar-refractivity contribution in [3.8, 4) is 0 Å². The van der Waals surface area contributed by atoms with Crippen molar-refractivity contribution in [1.29, 1.82) is 0 Å². The molecule has 0 saturated heterocycles. The number of hydrogen-bond donors (Lipinski definition) is 3. The maximum absolute atomic E-state index is 13.6. The summed E-state index contributed by atoms with van der Waals surface area (Å²) in [5.41, 5.74) is -1.08. The van der Waals surface area contributed by atoms with Crippen LogP contribution >= 0.6 is 0 Å². The number of carboxylic acid groups (broad SMARTS) is 1. The number of hydrogen-bond acceptors (Lipinski definition) is 2. The van der Waals surface area contributed by atoms with Gasteiger partial charge in [-0.1, -0.05) is 6.42 Å². The van der Waals surface area contributed by atoms with E-state index in [4.69, 9.17) is 5.11 Å². The summed E-state index contributed by atoms with van der Waals surface area (Å²) < 4.78 is 26.9. The lowest BCUT2D eigenvalue weighted by Gasteiger charge is -2.37. The van der Waals surface area contributed by atoms with Crippen LogP contribution < -0.4 is 10.6 Å². The highest BCUT2D eigenvalue weighted by atomic mass is 19.1. The van der Waals surface area contributed by atoms with E-state index in [0.717, 1.165) is 18.6 Å². The third-order valence-corrected chi connectivity index (χ3v) is 3.85. The number of rotatable bonds is 4. The number of amides is 2. The molecule has 2 rings (SSSR count). The minimum atomic E-state index is -0.957. The maximum atomic E-state index is 13.6. The molecule has 3 N–H and O–H groups in total. The van der Waals surface area contributed by atoms with Crippen molar-refractivity contribution >= 4 is 17.7 Å². The lowest BCUT2D eigenvalue weighted by Crippen LogP contribution is -2.48. The van der Waals surface area contributed by atoms with Crippen molar-refractivity contribution in [1.82, 2.24) is 5.32 Å². The lowest BCUT2D eigenvalue weighted by molar-refractivity contribution is -0.153. The van der Waals surface area contributed by atoms with Crippen LogP contribution in [0.5, 0.6) is 0 Å². The number of urea groups is 1. The zero-order valence-electron chi connectivity index (χ0n) is 11.5. The number of carbonyl (C=O) groups is 2. The normalized spacial score (nSPS) is 16.0. The van der Waals surface area contributed by atoms with Crippen LogP contribution in [0.25, 0.3) is 0 Å². The number of nitrogens with one attached hydrogen (secondary N) is 2. The van der Waals surface area contributed by atoms with Crippen molar-refractivity contribution in [2.24, 2.45) is 5.41 Å². The minimum absolute atomic E-state index is 0.0376. The molecule has 0 radical (unpaired) electrons. The number of anilines is 1. The maximum Gasteiger partial charge on any atom is 0.319 e. The Bertz CT molecular complexity index is 586. The van der Waals surface area contributed by atoms with Gasteiger partial charge in [0.25, 0.3) is 0 Å². The molecule has 0 heterocycles. The molecule has 1 aromatic carbocycles. The Kier molecular flexibility index (Phi) is 4.11. The summed E-state index contributed by atoms with van der Waals surface area (Å²) >= 11 is 0. The van der Waals surface area contributed by atoms with Gasteiger partial charge in [-0.2, -0.15) is 0 Å². The molecule has 0 bridgehead atoms. The molecule has 1 aromatic rings. The van der Waals surface area contributed by atoms with Crippen LogP contribution in [0.15, 0.2) is 12.1 Å². The Balaban J connectivity index is 1.96. The number of carboxylic acids is 1. The predicted octanol–water partition coefficient (Wildman–Crippen LogP) is 2.65. The van der Waals surface area contributed by atoms with Gasteiger partial charge in [0.15, 0.2) is 0 Å². The largest absolute Gasteiger partial charge is 0.481 e. The fourth-order valence-electron chi connectivity index (χ4n) is 2.23. The van der Waals surface area contributed by atoms with Crippen molar-refractivity contribution in [3.05, 3.63) is 29.3 Å². The van der Waals surface area contributed by atoms with Gasteiger partial charge in [0.05, 0.1) is 11.1 Å². The van der Waals surface area contributed by atoms with E-state index >= 15 is 0 Å². The van der Waals surface area contributed by atoms with E-state index in [1.54, 1.807) is 0 Å². The molecular weight excluding hydrogens is 282 g/mol. The predicted molar refractivity (Wildman–Crippen MR) is 72.0 cm³/mol. The van der Waals surface area contributed by atoms with E-state index in [9.17, 15) is 18.4 Å². The molecule has 1 aliphatic rings. The monoisotopic (exact) mass is 298 g/mol. The van der Waals surface area contributed by atoms with Crippen LogP contribution in [0.2, 0.25) is 0 Å². The molecule has 0 aromatic heterocycles. The van der Waals surface area contributed by atoms with Crippen molar-refractivity contribution in [2.45, 2.75) is 26.2 Å². The van der Waals surface area contributed by atoms with E-state index in [0.29, 0.717) is 12.8 Å². The third-order valence-electron chi connectivity index (χ3n) is 3.85. The molecule has 0 aliphatic heterocycles. The highest BCUT2D eigenvalue weighted by Gasteiger charge is 2.44. The van der Waals surface area contributed by atoms with Crippen molar-refractivity contribution in [2.75, 3.05) is 11.9 Å². The van der Waals surface area contributed by atoms with Gasteiger partial charge in [0.2, 0.25) is 0 Å². The Hall–Kier alpha value is -2.18. The molecule has 21 heavy (non-hydrogen) atoms. The first-order valence-corrected chi connectivity index (χ1v) is 6.58. The summed E-state index contributed by atoms with van der Waals surface area (Å²) in [6, 6.07) is 1.11. The lowest BCUT2D eigenvalue weighted by atomic mass is 9.69. The number of carbonyl (C=O) groups excluding carboxylic acids is 1. The second kappa shape index (κ2) is 5.67. The highest BCUT2D eigenvalue weighted by molar-refractivity contribution is 5.90. The molecule has 5 nitrogen and oxygen atoms in total. The summed E-state index contributed by atoms with van der Waals surface area (Å²) in [6.07, 6.45) is 1.79. The van der Waals surface area contributed by atoms with Gasteiger partial charge >= 0.3 is 12.0 Å². The second-order valence-corrected chi connectivity index (χ2v) is 5.33. The van der Waals surface area contributed by atoms with Crippen molar-refractivity contribution < 1.29 is 23.5 Å². The van der Waals surface area contributed by atoms with E-state index in [1.807, 2.05) is 0 Å². The topological polar surface area (TPSA) is 78.4 Å². The molecule has 1 saturated carbocycles. The first-order valence-electron chi connectivity index (χ1n) is 6.58. The van der Waals surface area contributed by atoms with Gasteiger partial charge in [-0.25, -0.2) is 13.6 Å². The van der Waals surface area contributed by atoms with E-state index in [1.165, 1.54) is 6.92 Å². The smallest absolute Gasteiger partial charge is 0.319 e. The molecule has 0 atom stereocenters. The zero-order chi connectivity index (χ0) is 15.6. The number of aryl methyl sites for hydroxylation is 1. The third kappa shape index (κ3) is 3.12. The van der Waals surface area contributed by atoms with Gasteiger partial charge in [0.1, 0.15) is 11.6 Å². The van der Waals surface area contributed by atoms with Crippen LogP contribution in [-0.4, -0.2) is 23.7 Å². The first-order chi connectivity index (χ1) is 9.84. The fourth-order valence-corrected chi connectivity index (χ4v) is 2.23. The standard InChI is InChI=1S/C14H16F2N2O3/c1-8-5-10(16)11(6-9(8)15)18-13(21)17-7-14(12(19)20)3-2-4-14/h5-6H,2-4,7H2,1H3,(H,19,20)(H2,17,18,21). The average molecular weight is 298 g/mol. The summed E-state index contributed by atoms with van der Waals surface area (Å²) in [6.45, 7) is 1.37. The Morgan fingerprint density at radius 1 is 1.29 bits per heavy atom. The minimum Gasteiger partial charge on any atom is -0.481 e. The first kappa shape index (κ1) is 15.2. The van der Waals surface area contributed by atoms with Gasteiger partial charge in [-0.05, 0) is 31.4 Å². The Labute approximate surface area is 120 Å². The summed E-state index contributed by atoms with van der Waals surface area (Å²) in [5, 5.41) is 13.7. The molecule has 7 heteroatoms. The summed E-state index contributed by atoms with van der Waals surface area (Å²) in [7, 11) is 0. The summed E-state index contributed by atoms with van der Waals surface area (Å²) in [4.78, 5) is 22.8. The van der Waals surface area contributed by atoms with Crippen LogP contribution in [0.3, 0.4) is 0 Å². The number of aliphatic carboxylic acids is 1. The highest BCUT2D eigenvalue weighted by Crippen LogP contribution is 2.40. The summed E-state index contributed by atoms with van der Waals surface area (Å²) in [5.74, 6) is -2.34.